The first-order valence-corrected chi connectivity index (χ1v) is 8.55. The highest BCUT2D eigenvalue weighted by Gasteiger charge is 2.28. The van der Waals surface area contributed by atoms with Gasteiger partial charge in [0.05, 0.1) is 5.57 Å². The lowest BCUT2D eigenvalue weighted by molar-refractivity contribution is -0.142. The van der Waals surface area contributed by atoms with Gasteiger partial charge in [-0.1, -0.05) is 60.7 Å². The van der Waals surface area contributed by atoms with Crippen molar-refractivity contribution in [1.29, 1.82) is 0 Å². The Morgan fingerprint density at radius 2 is 1.76 bits per heavy atom. The van der Waals surface area contributed by atoms with Gasteiger partial charge in [-0.05, 0) is 18.9 Å². The van der Waals surface area contributed by atoms with Crippen LogP contribution < -0.4 is 0 Å². The van der Waals surface area contributed by atoms with Crippen molar-refractivity contribution in [1.82, 2.24) is 0 Å². The van der Waals surface area contributed by atoms with Gasteiger partial charge in [0.25, 0.3) is 0 Å². The summed E-state index contributed by atoms with van der Waals surface area (Å²) in [5.74, 6) is 0.223. The third-order valence-corrected chi connectivity index (χ3v) is 4.00. The Kier molecular flexibility index (Phi) is 5.86. The molecule has 0 N–H and O–H groups in total. The summed E-state index contributed by atoms with van der Waals surface area (Å²) in [6, 6.07) is 19.3. The Morgan fingerprint density at radius 3 is 2.44 bits per heavy atom. The van der Waals surface area contributed by atoms with Gasteiger partial charge in [0.2, 0.25) is 0 Å². The van der Waals surface area contributed by atoms with Gasteiger partial charge in [-0.15, -0.1) is 0 Å². The molecule has 1 heterocycles. The molecular weight excluding hydrogens is 316 g/mol. The monoisotopic (exact) mass is 338 g/mol. The standard InChI is InChI=1S/C21H22O4/c1-2-23-19-14-13-18(20(25-19)17-11-7-4-8-12-17)21(22)24-15-16-9-5-3-6-10-16/h3-12,19H,2,13-15H2,1H3. The van der Waals surface area contributed by atoms with Crippen LogP contribution in [-0.4, -0.2) is 18.9 Å². The molecule has 1 atom stereocenters. The van der Waals surface area contributed by atoms with E-state index in [0.29, 0.717) is 30.8 Å². The molecule has 4 nitrogen and oxygen atoms in total. The van der Waals surface area contributed by atoms with Crippen LogP contribution >= 0.6 is 0 Å². The molecular formula is C21H22O4. The average Bonchev–Trinajstić information content (AvgIpc) is 2.68. The summed E-state index contributed by atoms with van der Waals surface area (Å²) in [5, 5.41) is 0. The van der Waals surface area contributed by atoms with Crippen molar-refractivity contribution >= 4 is 11.7 Å². The van der Waals surface area contributed by atoms with Crippen molar-refractivity contribution in [2.45, 2.75) is 32.7 Å². The molecule has 0 bridgehead atoms. The molecule has 3 rings (SSSR count). The summed E-state index contributed by atoms with van der Waals surface area (Å²) in [7, 11) is 0. The van der Waals surface area contributed by atoms with Crippen LogP contribution in [0, 0.1) is 0 Å². The van der Waals surface area contributed by atoms with Gasteiger partial charge in [-0.3, -0.25) is 0 Å². The smallest absolute Gasteiger partial charge is 0.338 e. The molecule has 0 saturated heterocycles. The SMILES string of the molecule is CCOC1CCC(C(=O)OCc2ccccc2)=C(c2ccccc2)O1. The molecule has 2 aromatic carbocycles. The molecule has 1 aliphatic rings. The van der Waals surface area contributed by atoms with Crippen molar-refractivity contribution in [2.24, 2.45) is 0 Å². The minimum atomic E-state index is -0.336. The molecule has 130 valence electrons. The largest absolute Gasteiger partial charge is 0.464 e. The van der Waals surface area contributed by atoms with Crippen molar-refractivity contribution in [3.8, 4) is 0 Å². The van der Waals surface area contributed by atoms with Crippen molar-refractivity contribution in [3.63, 3.8) is 0 Å². The summed E-state index contributed by atoms with van der Waals surface area (Å²) >= 11 is 0. The van der Waals surface area contributed by atoms with E-state index >= 15 is 0 Å². The number of hydrogen-bond donors (Lipinski definition) is 0. The molecule has 0 saturated carbocycles. The molecule has 0 fully saturated rings. The zero-order chi connectivity index (χ0) is 17.5. The Bertz CT molecular complexity index is 722. The van der Waals surface area contributed by atoms with Gasteiger partial charge >= 0.3 is 5.97 Å². The number of esters is 1. The van der Waals surface area contributed by atoms with E-state index in [4.69, 9.17) is 14.2 Å². The van der Waals surface area contributed by atoms with E-state index < -0.39 is 0 Å². The van der Waals surface area contributed by atoms with Gasteiger partial charge in [0.15, 0.2) is 6.29 Å². The highest BCUT2D eigenvalue weighted by molar-refractivity contribution is 5.96. The fourth-order valence-corrected chi connectivity index (χ4v) is 2.78. The number of hydrogen-bond acceptors (Lipinski definition) is 4. The van der Waals surface area contributed by atoms with E-state index in [1.807, 2.05) is 67.6 Å². The molecule has 0 amide bonds. The molecule has 0 spiro atoms. The lowest BCUT2D eigenvalue weighted by atomic mass is 10.0. The molecule has 25 heavy (non-hydrogen) atoms. The Morgan fingerprint density at radius 1 is 1.08 bits per heavy atom. The molecule has 1 aliphatic heterocycles. The van der Waals surface area contributed by atoms with Crippen LogP contribution in [0.5, 0.6) is 0 Å². The highest BCUT2D eigenvalue weighted by Crippen LogP contribution is 2.32. The number of ether oxygens (including phenoxy) is 3. The normalized spacial score (nSPS) is 17.1. The van der Waals surface area contributed by atoms with Crippen LogP contribution in [0.4, 0.5) is 0 Å². The summed E-state index contributed by atoms with van der Waals surface area (Å²) in [6.45, 7) is 2.75. The number of carbonyl (C=O) groups is 1. The van der Waals surface area contributed by atoms with Gasteiger partial charge in [-0.25, -0.2) is 4.79 Å². The first-order valence-electron chi connectivity index (χ1n) is 8.55. The summed E-state index contributed by atoms with van der Waals surface area (Å²) < 4.78 is 17.0. The maximum absolute atomic E-state index is 12.6. The van der Waals surface area contributed by atoms with E-state index in [1.54, 1.807) is 0 Å². The van der Waals surface area contributed by atoms with E-state index in [-0.39, 0.29) is 18.9 Å². The molecule has 2 aromatic rings. The van der Waals surface area contributed by atoms with Crippen molar-refractivity contribution in [3.05, 3.63) is 77.4 Å². The molecule has 0 aliphatic carbocycles. The van der Waals surface area contributed by atoms with Crippen LogP contribution in [0.1, 0.15) is 30.9 Å². The Balaban J connectivity index is 1.80. The first-order chi connectivity index (χ1) is 12.3. The van der Waals surface area contributed by atoms with Crippen LogP contribution in [-0.2, 0) is 25.6 Å². The predicted molar refractivity (Wildman–Crippen MR) is 95.3 cm³/mol. The fourth-order valence-electron chi connectivity index (χ4n) is 2.78. The zero-order valence-corrected chi connectivity index (χ0v) is 14.3. The number of carbonyl (C=O) groups excluding carboxylic acids is 1. The second-order valence-corrected chi connectivity index (χ2v) is 5.78. The van der Waals surface area contributed by atoms with Gasteiger partial charge in [-0.2, -0.15) is 0 Å². The van der Waals surface area contributed by atoms with Gasteiger partial charge < -0.3 is 14.2 Å². The minimum absolute atomic E-state index is 0.250. The van der Waals surface area contributed by atoms with Crippen LogP contribution in [0.25, 0.3) is 5.76 Å². The summed E-state index contributed by atoms with van der Waals surface area (Å²) in [4.78, 5) is 12.6. The van der Waals surface area contributed by atoms with E-state index in [1.165, 1.54) is 0 Å². The Labute approximate surface area is 148 Å². The second kappa shape index (κ2) is 8.49. The molecule has 1 unspecified atom stereocenters. The maximum atomic E-state index is 12.6. The maximum Gasteiger partial charge on any atom is 0.338 e. The number of rotatable bonds is 6. The van der Waals surface area contributed by atoms with Crippen LogP contribution in [0.3, 0.4) is 0 Å². The molecule has 0 aromatic heterocycles. The van der Waals surface area contributed by atoms with Crippen LogP contribution in [0.2, 0.25) is 0 Å². The van der Waals surface area contributed by atoms with Crippen LogP contribution in [0.15, 0.2) is 66.2 Å². The van der Waals surface area contributed by atoms with E-state index in [9.17, 15) is 4.79 Å². The summed E-state index contributed by atoms with van der Waals surface area (Å²) in [6.07, 6.45) is 0.883. The molecule has 0 radical (unpaired) electrons. The predicted octanol–water partition coefficient (Wildman–Crippen LogP) is 4.31. The summed E-state index contributed by atoms with van der Waals surface area (Å²) in [5.41, 5.74) is 2.39. The second-order valence-electron chi connectivity index (χ2n) is 5.78. The highest BCUT2D eigenvalue weighted by atomic mass is 16.7. The van der Waals surface area contributed by atoms with Gasteiger partial charge in [0, 0.05) is 18.6 Å². The van der Waals surface area contributed by atoms with E-state index in [2.05, 4.69) is 0 Å². The molecule has 4 heteroatoms. The third kappa shape index (κ3) is 4.48. The average molecular weight is 338 g/mol. The lowest BCUT2D eigenvalue weighted by Crippen LogP contribution is -2.25. The van der Waals surface area contributed by atoms with Crippen molar-refractivity contribution < 1.29 is 19.0 Å². The van der Waals surface area contributed by atoms with Gasteiger partial charge in [0.1, 0.15) is 12.4 Å². The quantitative estimate of drug-likeness (QED) is 0.736. The zero-order valence-electron chi connectivity index (χ0n) is 14.3. The first kappa shape index (κ1) is 17.2. The van der Waals surface area contributed by atoms with E-state index in [0.717, 1.165) is 11.1 Å². The fraction of sp³-hybridized carbons (Fsp3) is 0.286. The lowest BCUT2D eigenvalue weighted by Gasteiger charge is -2.27. The number of benzene rings is 2. The minimum Gasteiger partial charge on any atom is -0.464 e. The van der Waals surface area contributed by atoms with Crippen molar-refractivity contribution in [2.75, 3.05) is 6.61 Å². The Hall–Kier alpha value is -2.59. The third-order valence-electron chi connectivity index (χ3n) is 4.00. The topological polar surface area (TPSA) is 44.8 Å².